The van der Waals surface area contributed by atoms with Crippen LogP contribution in [-0.4, -0.2) is 33.4 Å². The SMILES string of the molecule is COc1ccc2c(C)cc3nnc(SCC(=O)NC(C)c4ccccc4)n3c2c1. The van der Waals surface area contributed by atoms with E-state index in [4.69, 9.17) is 4.74 Å². The van der Waals surface area contributed by atoms with Crippen molar-refractivity contribution in [2.75, 3.05) is 12.9 Å². The largest absolute Gasteiger partial charge is 0.497 e. The molecule has 2 heterocycles. The van der Waals surface area contributed by atoms with E-state index in [1.165, 1.54) is 11.8 Å². The number of benzene rings is 2. The average Bonchev–Trinajstić information content (AvgIpc) is 3.15. The van der Waals surface area contributed by atoms with Crippen LogP contribution in [0.5, 0.6) is 5.75 Å². The number of pyridine rings is 1. The van der Waals surface area contributed by atoms with E-state index in [0.29, 0.717) is 5.16 Å². The minimum absolute atomic E-state index is 0.0444. The van der Waals surface area contributed by atoms with Crippen LogP contribution >= 0.6 is 11.8 Å². The summed E-state index contributed by atoms with van der Waals surface area (Å²) < 4.78 is 7.36. The Labute approximate surface area is 173 Å². The fourth-order valence-electron chi connectivity index (χ4n) is 3.36. The zero-order chi connectivity index (χ0) is 20.4. The molecule has 0 spiro atoms. The number of thioether (sulfide) groups is 1. The number of nitrogens with one attached hydrogen (secondary N) is 1. The fraction of sp³-hybridized carbons (Fsp3) is 0.227. The second kappa shape index (κ2) is 8.13. The predicted octanol–water partition coefficient (Wildman–Crippen LogP) is 4.17. The highest BCUT2D eigenvalue weighted by molar-refractivity contribution is 7.99. The fourth-order valence-corrected chi connectivity index (χ4v) is 4.12. The number of aromatic nitrogens is 3. The molecular formula is C22H22N4O2S. The second-order valence-electron chi connectivity index (χ2n) is 6.88. The van der Waals surface area contributed by atoms with Gasteiger partial charge in [0.15, 0.2) is 10.8 Å². The first-order valence-electron chi connectivity index (χ1n) is 9.36. The van der Waals surface area contributed by atoms with Crippen LogP contribution in [0.25, 0.3) is 16.6 Å². The standard InChI is InChI=1S/C22H22N4O2S/c1-14-11-20-24-25-22(26(20)19-12-17(28-3)9-10-18(14)19)29-13-21(27)23-15(2)16-7-5-4-6-8-16/h4-12,15H,13H2,1-3H3,(H,23,27). The van der Waals surface area contributed by atoms with Crippen LogP contribution in [0.2, 0.25) is 0 Å². The summed E-state index contributed by atoms with van der Waals surface area (Å²) in [6, 6.07) is 17.8. The first-order valence-corrected chi connectivity index (χ1v) is 10.3. The topological polar surface area (TPSA) is 68.5 Å². The molecule has 0 saturated carbocycles. The van der Waals surface area contributed by atoms with Crippen molar-refractivity contribution in [3.8, 4) is 5.75 Å². The molecule has 1 N–H and O–H groups in total. The Morgan fingerprint density at radius 2 is 1.97 bits per heavy atom. The number of hydrogen-bond donors (Lipinski definition) is 1. The third-order valence-corrected chi connectivity index (χ3v) is 5.81. The number of fused-ring (bicyclic) bond motifs is 3. The number of hydrogen-bond acceptors (Lipinski definition) is 5. The zero-order valence-electron chi connectivity index (χ0n) is 16.5. The van der Waals surface area contributed by atoms with Gasteiger partial charge in [0, 0.05) is 11.5 Å². The summed E-state index contributed by atoms with van der Waals surface area (Å²) in [4.78, 5) is 12.5. The number of aryl methyl sites for hydroxylation is 1. The lowest BCUT2D eigenvalue weighted by Gasteiger charge is -2.14. The third kappa shape index (κ3) is 3.91. The number of amides is 1. The minimum atomic E-state index is -0.0489. The van der Waals surface area contributed by atoms with Gasteiger partial charge in [-0.2, -0.15) is 0 Å². The quantitative estimate of drug-likeness (QED) is 0.487. The smallest absolute Gasteiger partial charge is 0.230 e. The highest BCUT2D eigenvalue weighted by atomic mass is 32.2. The van der Waals surface area contributed by atoms with Gasteiger partial charge in [-0.05, 0) is 43.2 Å². The summed E-state index contributed by atoms with van der Waals surface area (Å²) in [5.41, 5.74) is 3.91. The molecule has 0 fully saturated rings. The van der Waals surface area contributed by atoms with Crippen LogP contribution in [0.4, 0.5) is 0 Å². The lowest BCUT2D eigenvalue weighted by molar-refractivity contribution is -0.119. The Morgan fingerprint density at radius 3 is 2.72 bits per heavy atom. The van der Waals surface area contributed by atoms with Gasteiger partial charge in [0.2, 0.25) is 5.91 Å². The van der Waals surface area contributed by atoms with E-state index in [9.17, 15) is 4.79 Å². The van der Waals surface area contributed by atoms with Crippen molar-refractivity contribution < 1.29 is 9.53 Å². The van der Waals surface area contributed by atoms with Crippen LogP contribution in [-0.2, 0) is 4.79 Å². The van der Waals surface area contributed by atoms with Gasteiger partial charge in [0.05, 0.1) is 24.4 Å². The first-order chi connectivity index (χ1) is 14.1. The molecule has 2 aromatic heterocycles. The molecule has 0 bridgehead atoms. The molecule has 0 aliphatic rings. The van der Waals surface area contributed by atoms with Crippen LogP contribution in [0.15, 0.2) is 59.8 Å². The van der Waals surface area contributed by atoms with E-state index in [1.54, 1.807) is 7.11 Å². The molecule has 4 aromatic rings. The van der Waals surface area contributed by atoms with Gasteiger partial charge in [-0.3, -0.25) is 9.20 Å². The molecule has 0 aliphatic carbocycles. The van der Waals surface area contributed by atoms with E-state index in [0.717, 1.165) is 33.4 Å². The van der Waals surface area contributed by atoms with Gasteiger partial charge in [-0.15, -0.1) is 10.2 Å². The van der Waals surface area contributed by atoms with E-state index in [2.05, 4.69) is 22.4 Å². The van der Waals surface area contributed by atoms with Gasteiger partial charge < -0.3 is 10.1 Å². The Bertz CT molecular complexity index is 1170. The molecule has 1 unspecified atom stereocenters. The van der Waals surface area contributed by atoms with Crippen molar-refractivity contribution in [1.29, 1.82) is 0 Å². The lowest BCUT2D eigenvalue weighted by atomic mass is 10.1. The van der Waals surface area contributed by atoms with Crippen LogP contribution in [0, 0.1) is 6.92 Å². The van der Waals surface area contributed by atoms with E-state index >= 15 is 0 Å². The molecule has 0 saturated heterocycles. The summed E-state index contributed by atoms with van der Waals surface area (Å²) in [5, 5.41) is 13.4. The molecule has 0 radical (unpaired) electrons. The van der Waals surface area contributed by atoms with Crippen LogP contribution < -0.4 is 10.1 Å². The molecular weight excluding hydrogens is 384 g/mol. The van der Waals surface area contributed by atoms with Gasteiger partial charge in [0.1, 0.15) is 5.75 Å². The van der Waals surface area contributed by atoms with Crippen LogP contribution in [0.1, 0.15) is 24.1 Å². The summed E-state index contributed by atoms with van der Waals surface area (Å²) in [7, 11) is 1.65. The Hall–Kier alpha value is -3.06. The highest BCUT2D eigenvalue weighted by Gasteiger charge is 2.15. The molecule has 29 heavy (non-hydrogen) atoms. The number of nitrogens with zero attached hydrogens (tertiary/aromatic N) is 3. The molecule has 6 nitrogen and oxygen atoms in total. The average molecular weight is 407 g/mol. The van der Waals surface area contributed by atoms with Crippen molar-refractivity contribution in [2.24, 2.45) is 0 Å². The molecule has 0 aliphatic heterocycles. The van der Waals surface area contributed by atoms with E-state index in [-0.39, 0.29) is 17.7 Å². The number of ether oxygens (including phenoxy) is 1. The maximum atomic E-state index is 12.5. The van der Waals surface area contributed by atoms with Gasteiger partial charge in [0.25, 0.3) is 0 Å². The molecule has 4 rings (SSSR count). The molecule has 1 amide bonds. The highest BCUT2D eigenvalue weighted by Crippen LogP contribution is 2.28. The first kappa shape index (κ1) is 19.3. The molecule has 7 heteroatoms. The Kier molecular flexibility index (Phi) is 5.40. The molecule has 148 valence electrons. The Morgan fingerprint density at radius 1 is 1.17 bits per heavy atom. The number of rotatable bonds is 6. The maximum Gasteiger partial charge on any atom is 0.230 e. The summed E-state index contributed by atoms with van der Waals surface area (Å²) in [6.45, 7) is 4.03. The second-order valence-corrected chi connectivity index (χ2v) is 7.82. The third-order valence-electron chi connectivity index (χ3n) is 4.88. The van der Waals surface area contributed by atoms with Crippen molar-refractivity contribution in [3.05, 3.63) is 65.7 Å². The Balaban J connectivity index is 1.57. The van der Waals surface area contributed by atoms with Crippen molar-refractivity contribution in [1.82, 2.24) is 19.9 Å². The summed E-state index contributed by atoms with van der Waals surface area (Å²) >= 11 is 1.37. The minimum Gasteiger partial charge on any atom is -0.497 e. The van der Waals surface area contributed by atoms with E-state index < -0.39 is 0 Å². The van der Waals surface area contributed by atoms with Crippen molar-refractivity contribution >= 4 is 34.2 Å². The van der Waals surface area contributed by atoms with Gasteiger partial charge in [-0.1, -0.05) is 42.1 Å². The van der Waals surface area contributed by atoms with Crippen molar-refractivity contribution in [2.45, 2.75) is 25.0 Å². The number of methoxy groups -OCH3 is 1. The van der Waals surface area contributed by atoms with Crippen LogP contribution in [0.3, 0.4) is 0 Å². The van der Waals surface area contributed by atoms with Gasteiger partial charge in [-0.25, -0.2) is 0 Å². The van der Waals surface area contributed by atoms with Crippen molar-refractivity contribution in [3.63, 3.8) is 0 Å². The number of carbonyl (C=O) groups excluding carboxylic acids is 1. The summed E-state index contributed by atoms with van der Waals surface area (Å²) in [6.07, 6.45) is 0. The maximum absolute atomic E-state index is 12.5. The normalized spacial score (nSPS) is 12.2. The number of carbonyl (C=O) groups is 1. The monoisotopic (exact) mass is 406 g/mol. The van der Waals surface area contributed by atoms with Gasteiger partial charge >= 0.3 is 0 Å². The summed E-state index contributed by atoms with van der Waals surface area (Å²) in [5.74, 6) is 0.984. The predicted molar refractivity (Wildman–Crippen MR) is 116 cm³/mol. The lowest BCUT2D eigenvalue weighted by Crippen LogP contribution is -2.28. The van der Waals surface area contributed by atoms with E-state index in [1.807, 2.05) is 65.9 Å². The zero-order valence-corrected chi connectivity index (χ0v) is 17.4. The molecule has 2 aromatic carbocycles. The molecule has 1 atom stereocenters.